The molecule has 1 amide bonds. The van der Waals surface area contributed by atoms with Crippen molar-refractivity contribution in [3.05, 3.63) is 24.3 Å². The molecule has 0 unspecified atom stereocenters. The first kappa shape index (κ1) is 17.8. The lowest BCUT2D eigenvalue weighted by atomic mass is 9.92. The first-order chi connectivity index (χ1) is 12.0. The fraction of sp³-hybridized carbons (Fsp3) is 0.500. The van der Waals surface area contributed by atoms with Crippen LogP contribution in [0.25, 0.3) is 11.5 Å². The molecule has 0 bridgehead atoms. The number of benzene rings is 1. The van der Waals surface area contributed by atoms with E-state index >= 15 is 0 Å². The summed E-state index contributed by atoms with van der Waals surface area (Å²) in [4.78, 5) is 14.4. The lowest BCUT2D eigenvalue weighted by Gasteiger charge is -2.34. The summed E-state index contributed by atoms with van der Waals surface area (Å²) in [7, 11) is 1.62. The minimum absolute atomic E-state index is 0.132. The van der Waals surface area contributed by atoms with Gasteiger partial charge < -0.3 is 14.1 Å². The van der Waals surface area contributed by atoms with Crippen molar-refractivity contribution in [2.24, 2.45) is 11.8 Å². The van der Waals surface area contributed by atoms with Crippen LogP contribution in [0.3, 0.4) is 0 Å². The molecule has 1 aromatic heterocycles. The van der Waals surface area contributed by atoms with E-state index in [1.54, 1.807) is 7.11 Å². The monoisotopic (exact) mass is 361 g/mol. The Bertz CT molecular complexity index is 707. The van der Waals surface area contributed by atoms with E-state index in [0.717, 1.165) is 24.4 Å². The molecule has 1 fully saturated rings. The topological polar surface area (TPSA) is 68.5 Å². The molecule has 0 N–H and O–H groups in total. The average Bonchev–Trinajstić information content (AvgIpc) is 3.08. The largest absolute Gasteiger partial charge is 0.497 e. The summed E-state index contributed by atoms with van der Waals surface area (Å²) in [6, 6.07) is 7.41. The summed E-state index contributed by atoms with van der Waals surface area (Å²) >= 11 is 1.29. The Labute approximate surface area is 151 Å². The molecule has 1 aromatic carbocycles. The van der Waals surface area contributed by atoms with E-state index in [2.05, 4.69) is 24.0 Å². The molecule has 6 nitrogen and oxygen atoms in total. The predicted molar refractivity (Wildman–Crippen MR) is 96.5 cm³/mol. The highest BCUT2D eigenvalue weighted by Crippen LogP contribution is 2.26. The van der Waals surface area contributed by atoms with Crippen LogP contribution in [0.5, 0.6) is 5.75 Å². The van der Waals surface area contributed by atoms with Crippen LogP contribution < -0.4 is 4.74 Å². The van der Waals surface area contributed by atoms with Crippen LogP contribution >= 0.6 is 11.8 Å². The van der Waals surface area contributed by atoms with Gasteiger partial charge in [0.1, 0.15) is 5.75 Å². The number of hydrogen-bond acceptors (Lipinski definition) is 6. The van der Waals surface area contributed by atoms with Crippen molar-refractivity contribution in [2.45, 2.75) is 25.5 Å². The highest BCUT2D eigenvalue weighted by atomic mass is 32.2. The zero-order valence-corrected chi connectivity index (χ0v) is 15.6. The summed E-state index contributed by atoms with van der Waals surface area (Å²) in [5.41, 5.74) is 0.824. The second-order valence-corrected chi connectivity index (χ2v) is 7.56. The zero-order valence-electron chi connectivity index (χ0n) is 14.8. The maximum Gasteiger partial charge on any atom is 0.277 e. The van der Waals surface area contributed by atoms with Gasteiger partial charge in [0.25, 0.3) is 5.22 Å². The van der Waals surface area contributed by atoms with Crippen molar-refractivity contribution in [1.29, 1.82) is 0 Å². The van der Waals surface area contributed by atoms with Crippen LogP contribution in [-0.4, -0.2) is 47.0 Å². The van der Waals surface area contributed by atoms with E-state index in [9.17, 15) is 4.79 Å². The molecule has 0 saturated carbocycles. The van der Waals surface area contributed by atoms with Crippen molar-refractivity contribution >= 4 is 17.7 Å². The van der Waals surface area contributed by atoms with E-state index in [4.69, 9.17) is 9.15 Å². The predicted octanol–water partition coefficient (Wildman–Crippen LogP) is 3.34. The molecule has 3 rings (SSSR count). The molecule has 0 radical (unpaired) electrons. The van der Waals surface area contributed by atoms with Crippen LogP contribution in [0, 0.1) is 11.8 Å². The van der Waals surface area contributed by atoms with Gasteiger partial charge in [-0.2, -0.15) is 0 Å². The van der Waals surface area contributed by atoms with Gasteiger partial charge in [-0.1, -0.05) is 25.6 Å². The van der Waals surface area contributed by atoms with Gasteiger partial charge >= 0.3 is 0 Å². The second kappa shape index (κ2) is 7.91. The van der Waals surface area contributed by atoms with Crippen molar-refractivity contribution in [2.75, 3.05) is 26.0 Å². The molecule has 1 aliphatic heterocycles. The van der Waals surface area contributed by atoms with Crippen molar-refractivity contribution < 1.29 is 13.9 Å². The number of ether oxygens (including phenoxy) is 1. The number of aromatic nitrogens is 2. The number of carbonyl (C=O) groups excluding carboxylic acids is 1. The van der Waals surface area contributed by atoms with E-state index in [1.165, 1.54) is 18.2 Å². The van der Waals surface area contributed by atoms with Gasteiger partial charge in [-0.15, -0.1) is 10.2 Å². The van der Waals surface area contributed by atoms with E-state index in [0.29, 0.717) is 28.7 Å². The second-order valence-electron chi connectivity index (χ2n) is 6.64. The smallest absolute Gasteiger partial charge is 0.277 e. The van der Waals surface area contributed by atoms with Gasteiger partial charge in [0.15, 0.2) is 0 Å². The molecule has 2 heterocycles. The third-order valence-corrected chi connectivity index (χ3v) is 5.09. The Morgan fingerprint density at radius 2 is 1.92 bits per heavy atom. The number of nitrogens with zero attached hydrogens (tertiary/aromatic N) is 3. The first-order valence-corrected chi connectivity index (χ1v) is 9.42. The van der Waals surface area contributed by atoms with Gasteiger partial charge in [0.05, 0.1) is 12.9 Å². The van der Waals surface area contributed by atoms with Crippen molar-refractivity contribution in [1.82, 2.24) is 15.1 Å². The molecular formula is C18H23N3O3S. The van der Waals surface area contributed by atoms with E-state index in [1.807, 2.05) is 29.2 Å². The summed E-state index contributed by atoms with van der Waals surface area (Å²) in [5.74, 6) is 2.79. The molecule has 1 saturated heterocycles. The van der Waals surface area contributed by atoms with Crippen LogP contribution in [0.1, 0.15) is 20.3 Å². The normalized spacial score (nSPS) is 20.5. The van der Waals surface area contributed by atoms with Crippen LogP contribution in [-0.2, 0) is 4.79 Å². The van der Waals surface area contributed by atoms with Gasteiger partial charge in [0.2, 0.25) is 11.8 Å². The molecular weight excluding hydrogens is 338 g/mol. The number of carbonyl (C=O) groups is 1. The number of amides is 1. The molecule has 2 atom stereocenters. The third-order valence-electron chi connectivity index (χ3n) is 4.28. The molecule has 2 aromatic rings. The molecule has 0 spiro atoms. The summed E-state index contributed by atoms with van der Waals surface area (Å²) < 4.78 is 10.8. The van der Waals surface area contributed by atoms with Crippen LogP contribution in [0.15, 0.2) is 33.9 Å². The molecule has 134 valence electrons. The van der Waals surface area contributed by atoms with Crippen molar-refractivity contribution in [3.63, 3.8) is 0 Å². The summed E-state index contributed by atoms with van der Waals surface area (Å²) in [6.45, 7) is 6.07. The SMILES string of the molecule is COc1ccc(-c2nnc(SCC(=O)N3C[C@@H](C)C[C@H](C)C3)o2)cc1. The van der Waals surface area contributed by atoms with E-state index < -0.39 is 0 Å². The van der Waals surface area contributed by atoms with Crippen LogP contribution in [0.4, 0.5) is 0 Å². The lowest BCUT2D eigenvalue weighted by Crippen LogP contribution is -2.43. The Morgan fingerprint density at radius 1 is 1.24 bits per heavy atom. The highest BCUT2D eigenvalue weighted by molar-refractivity contribution is 7.99. The summed E-state index contributed by atoms with van der Waals surface area (Å²) in [6.07, 6.45) is 1.19. The lowest BCUT2D eigenvalue weighted by molar-refractivity contribution is -0.130. The first-order valence-electron chi connectivity index (χ1n) is 8.43. The zero-order chi connectivity index (χ0) is 17.8. The Morgan fingerprint density at radius 3 is 2.56 bits per heavy atom. The van der Waals surface area contributed by atoms with Crippen LogP contribution in [0.2, 0.25) is 0 Å². The quantitative estimate of drug-likeness (QED) is 0.761. The Balaban J connectivity index is 1.57. The third kappa shape index (κ3) is 4.54. The minimum atomic E-state index is 0.132. The number of methoxy groups -OCH3 is 1. The fourth-order valence-corrected chi connectivity index (χ4v) is 3.87. The Kier molecular flexibility index (Phi) is 5.63. The number of rotatable bonds is 5. The van der Waals surface area contributed by atoms with Gasteiger partial charge in [-0.3, -0.25) is 4.79 Å². The maximum absolute atomic E-state index is 12.4. The van der Waals surface area contributed by atoms with Gasteiger partial charge in [-0.25, -0.2) is 0 Å². The van der Waals surface area contributed by atoms with Gasteiger partial charge in [0, 0.05) is 18.7 Å². The van der Waals surface area contributed by atoms with Crippen molar-refractivity contribution in [3.8, 4) is 17.2 Å². The number of piperidine rings is 1. The Hall–Kier alpha value is -2.02. The number of thioether (sulfide) groups is 1. The molecule has 0 aliphatic carbocycles. The maximum atomic E-state index is 12.4. The standard InChI is InChI=1S/C18H23N3O3S/c1-12-8-13(2)10-21(9-12)16(22)11-25-18-20-19-17(24-18)14-4-6-15(23-3)7-5-14/h4-7,12-13H,8-11H2,1-3H3/t12-,13-/m0/s1. The highest BCUT2D eigenvalue weighted by Gasteiger charge is 2.25. The number of likely N-dealkylation sites (tertiary alicyclic amines) is 1. The molecule has 1 aliphatic rings. The van der Waals surface area contributed by atoms with Gasteiger partial charge in [-0.05, 0) is 42.5 Å². The number of hydrogen-bond donors (Lipinski definition) is 0. The molecule has 7 heteroatoms. The minimum Gasteiger partial charge on any atom is -0.497 e. The fourth-order valence-electron chi connectivity index (χ4n) is 3.20. The molecule has 25 heavy (non-hydrogen) atoms. The average molecular weight is 361 g/mol. The van der Waals surface area contributed by atoms with E-state index in [-0.39, 0.29) is 5.91 Å². The summed E-state index contributed by atoms with van der Waals surface area (Å²) in [5, 5.41) is 8.49.